The van der Waals surface area contributed by atoms with Crippen LogP contribution in [0.15, 0.2) is 42.5 Å². The molecule has 41 heavy (non-hydrogen) atoms. The predicted molar refractivity (Wildman–Crippen MR) is 128 cm³/mol. The van der Waals surface area contributed by atoms with Crippen molar-refractivity contribution in [2.75, 3.05) is 13.2 Å². The van der Waals surface area contributed by atoms with Gasteiger partial charge in [-0.2, -0.15) is 0 Å². The fourth-order valence-corrected chi connectivity index (χ4v) is 4.15. The van der Waals surface area contributed by atoms with E-state index in [4.69, 9.17) is 21.1 Å². The molecule has 0 bridgehead atoms. The van der Waals surface area contributed by atoms with Crippen LogP contribution in [0.25, 0.3) is 0 Å². The zero-order chi connectivity index (χ0) is 29.6. The van der Waals surface area contributed by atoms with Crippen LogP contribution in [0.5, 0.6) is 0 Å². The summed E-state index contributed by atoms with van der Waals surface area (Å²) in [6.07, 6.45) is -8.86. The van der Waals surface area contributed by atoms with E-state index in [1.165, 1.54) is 24.3 Å². The van der Waals surface area contributed by atoms with E-state index < -0.39 is 97.5 Å². The van der Waals surface area contributed by atoms with Crippen molar-refractivity contribution in [3.8, 4) is 0 Å². The number of aliphatic hydroxyl groups is 3. The number of aliphatic hydroxyl groups excluding tert-OH is 3. The second-order valence-corrected chi connectivity index (χ2v) is 9.33. The fourth-order valence-electron chi connectivity index (χ4n) is 4.03. The Morgan fingerprint density at radius 2 is 1.83 bits per heavy atom. The van der Waals surface area contributed by atoms with Crippen LogP contribution in [-0.2, 0) is 25.7 Å². The Hall–Kier alpha value is -2.27. The van der Waals surface area contributed by atoms with Crippen molar-refractivity contribution in [2.45, 2.75) is 49.3 Å². The van der Waals surface area contributed by atoms with Crippen LogP contribution in [-0.4, -0.2) is 82.6 Å². The van der Waals surface area contributed by atoms with Crippen LogP contribution in [0.1, 0.15) is 22.3 Å². The first kappa shape index (κ1) is 34.9. The van der Waals surface area contributed by atoms with Crippen molar-refractivity contribution in [1.82, 2.24) is 10.6 Å². The van der Waals surface area contributed by atoms with Crippen LogP contribution in [0, 0.1) is 11.6 Å². The Morgan fingerprint density at radius 3 is 2.44 bits per heavy atom. The number of carboxylic acid groups (broad SMARTS) is 1. The number of benzene rings is 2. The Balaban J connectivity index is 0.00000588. The number of carboxylic acids is 1. The summed E-state index contributed by atoms with van der Waals surface area (Å²) in [6.45, 7) is -3.07. The number of hydrogen-bond donors (Lipinski definition) is 5. The van der Waals surface area contributed by atoms with Crippen LogP contribution in [0.2, 0.25) is 5.02 Å². The van der Waals surface area contributed by atoms with Crippen molar-refractivity contribution < 1.29 is 87.0 Å². The Kier molecular flexibility index (Phi) is 13.0. The maximum absolute atomic E-state index is 14.1. The van der Waals surface area contributed by atoms with E-state index >= 15 is 0 Å². The molecule has 3 rings (SSSR count). The number of halogens is 4. The summed E-state index contributed by atoms with van der Waals surface area (Å²) in [4.78, 5) is 36.2. The number of amides is 2. The van der Waals surface area contributed by atoms with Gasteiger partial charge in [-0.15, -0.1) is 0 Å². The molecule has 6 atom stereocenters. The van der Waals surface area contributed by atoms with Gasteiger partial charge in [-0.05, 0) is 30.3 Å². The summed E-state index contributed by atoms with van der Waals surface area (Å²) < 4.78 is 51.2. The van der Waals surface area contributed by atoms with E-state index in [1.54, 1.807) is 0 Å². The number of alkyl halides is 1. The number of nitrogens with one attached hydrogen (secondary N) is 2. The van der Waals surface area contributed by atoms with Gasteiger partial charge in [-0.3, -0.25) is 9.59 Å². The molecule has 1 aliphatic heterocycles. The second kappa shape index (κ2) is 15.3. The third-order valence-electron chi connectivity index (χ3n) is 6.13. The van der Waals surface area contributed by atoms with E-state index in [1.807, 2.05) is 5.32 Å². The molecule has 0 radical (unpaired) electrons. The summed E-state index contributed by atoms with van der Waals surface area (Å²) in [5.41, 5.74) is -0.272. The average Bonchev–Trinajstić information content (AvgIpc) is 2.93. The number of aliphatic carboxylic acids is 1. The van der Waals surface area contributed by atoms with Crippen molar-refractivity contribution in [2.24, 2.45) is 0 Å². The summed E-state index contributed by atoms with van der Waals surface area (Å²) in [7, 11) is 0. The van der Waals surface area contributed by atoms with Crippen molar-refractivity contribution in [3.63, 3.8) is 0 Å². The minimum Gasteiger partial charge on any atom is -0.544 e. The Morgan fingerprint density at radius 1 is 1.17 bits per heavy atom. The van der Waals surface area contributed by atoms with E-state index in [9.17, 15) is 48.0 Å². The molecule has 16 heteroatoms. The molecule has 5 N–H and O–H groups in total. The quantitative estimate of drug-likeness (QED) is 0.160. The maximum Gasteiger partial charge on any atom is 1.00 e. The fraction of sp³-hybridized carbons (Fsp3) is 0.400. The molecule has 1 fully saturated rings. The maximum atomic E-state index is 14.1. The topological polar surface area (TPSA) is 177 Å². The Labute approximate surface area is 258 Å². The molecule has 2 aromatic carbocycles. The molecular weight excluding hydrogens is 588 g/mol. The van der Waals surface area contributed by atoms with E-state index in [0.717, 1.165) is 18.2 Å². The standard InChI is InChI=1S/C25H26ClF3N2O9.Na/c26-14-6-4-12(5-7-14)23(36)30-10-17(33)21(35)22-20(31-18(34)9-27)16(32)8-25(40-22,24(37)38)39-11-13-2-1-3-15(28)19(13)29;/h1-7,16-17,20-22,32-33,35H,8-11H2,(H,30,36)(H,31,34)(H,37,38);/q;+1/p-1/t16-,17+,20+,21-,22+,25+;/m0./s1. The van der Waals surface area contributed by atoms with Crippen LogP contribution >= 0.6 is 11.6 Å². The molecule has 1 aliphatic rings. The van der Waals surface area contributed by atoms with Crippen LogP contribution in [0.3, 0.4) is 0 Å². The summed E-state index contributed by atoms with van der Waals surface area (Å²) in [5.74, 6) is -9.53. The largest absolute Gasteiger partial charge is 1.00 e. The van der Waals surface area contributed by atoms with Gasteiger partial charge < -0.3 is 45.3 Å². The minimum atomic E-state index is -2.90. The summed E-state index contributed by atoms with van der Waals surface area (Å²) in [5, 5.41) is 48.9. The zero-order valence-corrected chi connectivity index (χ0v) is 24.3. The average molecular weight is 613 g/mol. The molecule has 0 saturated carbocycles. The van der Waals surface area contributed by atoms with Gasteiger partial charge in [-0.1, -0.05) is 23.7 Å². The van der Waals surface area contributed by atoms with Gasteiger partial charge >= 0.3 is 29.6 Å². The molecule has 11 nitrogen and oxygen atoms in total. The van der Waals surface area contributed by atoms with Gasteiger partial charge in [-0.25, -0.2) is 13.2 Å². The first-order chi connectivity index (χ1) is 18.9. The van der Waals surface area contributed by atoms with E-state index in [2.05, 4.69) is 5.32 Å². The van der Waals surface area contributed by atoms with Crippen molar-refractivity contribution in [3.05, 3.63) is 70.2 Å². The normalized spacial score (nSPS) is 23.5. The molecule has 0 spiro atoms. The van der Waals surface area contributed by atoms with Crippen molar-refractivity contribution >= 4 is 29.4 Å². The van der Waals surface area contributed by atoms with Gasteiger partial charge in [0.15, 0.2) is 18.3 Å². The molecule has 0 aliphatic carbocycles. The monoisotopic (exact) mass is 612 g/mol. The number of hydrogen-bond acceptors (Lipinski definition) is 9. The van der Waals surface area contributed by atoms with Crippen LogP contribution in [0.4, 0.5) is 13.2 Å². The Bertz CT molecular complexity index is 1230. The van der Waals surface area contributed by atoms with Gasteiger partial charge in [0.05, 0.1) is 24.9 Å². The molecule has 1 heterocycles. The minimum absolute atomic E-state index is 0. The SMILES string of the molecule is O=C(CF)N[C@H]1[C@H]([C@@H](O)[C@H](O)CNC(=O)c2ccc(Cl)cc2)O[C@@](OCc2cccc(F)c2F)(C(=O)[O-])C[C@@H]1O.[Na+]. The van der Waals surface area contributed by atoms with Gasteiger partial charge in [0.25, 0.3) is 11.8 Å². The molecule has 0 unspecified atom stereocenters. The zero-order valence-electron chi connectivity index (χ0n) is 21.6. The van der Waals surface area contributed by atoms with Crippen molar-refractivity contribution in [1.29, 1.82) is 0 Å². The second-order valence-electron chi connectivity index (χ2n) is 8.90. The van der Waals surface area contributed by atoms with E-state index in [-0.39, 0.29) is 35.1 Å². The van der Waals surface area contributed by atoms with Gasteiger partial charge in [0.2, 0.25) is 5.79 Å². The predicted octanol–water partition coefficient (Wildman–Crippen LogP) is -3.66. The molecule has 2 amide bonds. The molecule has 218 valence electrons. The first-order valence-electron chi connectivity index (χ1n) is 11.8. The third kappa shape index (κ3) is 8.63. The summed E-state index contributed by atoms with van der Waals surface area (Å²) >= 11 is 5.78. The van der Waals surface area contributed by atoms with Crippen LogP contribution < -0.4 is 45.3 Å². The molecule has 2 aromatic rings. The number of ether oxygens (including phenoxy) is 2. The number of rotatable bonds is 11. The molecule has 1 saturated heterocycles. The van der Waals surface area contributed by atoms with E-state index in [0.29, 0.717) is 5.02 Å². The number of carbonyl (C=O) groups is 3. The summed E-state index contributed by atoms with van der Waals surface area (Å²) in [6, 6.07) is 6.99. The van der Waals surface area contributed by atoms with Gasteiger partial charge in [0, 0.05) is 29.1 Å². The third-order valence-corrected chi connectivity index (χ3v) is 6.39. The molecular formula is C25H25ClF3N2NaO9. The number of carbonyl (C=O) groups excluding carboxylic acids is 3. The molecule has 0 aromatic heterocycles. The van der Waals surface area contributed by atoms with Gasteiger partial charge in [0.1, 0.15) is 18.2 Å². The smallest absolute Gasteiger partial charge is 0.544 e. The first-order valence-corrected chi connectivity index (χ1v) is 12.2.